The van der Waals surface area contributed by atoms with Crippen LogP contribution in [0.15, 0.2) is 84.6 Å². The number of carboxylic acid groups (broad SMARTS) is 1. The second kappa shape index (κ2) is 17.2. The summed E-state index contributed by atoms with van der Waals surface area (Å²) in [5.41, 5.74) is 6.81. The standard InChI is InChI=1S/C43H58N4O5/c1-41(2,3)52-40(51)45-33(39(49)50)23-18-19-29-44-38(48)28-13-10-20-30-47-35-25-17-15-22-32(35)43(6,7)37(47)27-12-9-11-26-36-42(4,5)31-21-14-16-24-34(31)46(36)8/h9,11-12,14-17,21-22,24-27,33H,10,13,18-20,23,28-30H2,1-8H3,(H2-,44,45,48,49,50,51)/p+1. The molecular formula is C43H59N4O5+. The van der Waals surface area contributed by atoms with Gasteiger partial charge < -0.3 is 25.4 Å². The molecule has 1 atom stereocenters. The quantitative estimate of drug-likeness (QED) is 0.0918. The first-order valence-corrected chi connectivity index (χ1v) is 18.7. The molecule has 0 spiro atoms. The van der Waals surface area contributed by atoms with E-state index in [2.05, 4.69) is 134 Å². The fourth-order valence-corrected chi connectivity index (χ4v) is 7.27. The molecule has 0 saturated heterocycles. The van der Waals surface area contributed by atoms with Crippen molar-refractivity contribution in [2.24, 2.45) is 0 Å². The minimum Gasteiger partial charge on any atom is -0.480 e. The molecule has 0 bridgehead atoms. The average molecular weight is 712 g/mol. The molecule has 4 rings (SSSR count). The number of ether oxygens (including phenoxy) is 1. The molecule has 1 unspecified atom stereocenters. The molecular weight excluding hydrogens is 652 g/mol. The summed E-state index contributed by atoms with van der Waals surface area (Å²) in [7, 11) is 2.14. The fourth-order valence-electron chi connectivity index (χ4n) is 7.27. The number of benzene rings is 2. The molecule has 0 radical (unpaired) electrons. The van der Waals surface area contributed by atoms with E-state index >= 15 is 0 Å². The molecule has 2 aromatic carbocycles. The first kappa shape index (κ1) is 40.1. The molecule has 52 heavy (non-hydrogen) atoms. The molecule has 2 heterocycles. The number of carbonyl (C=O) groups excluding carboxylic acids is 2. The highest BCUT2D eigenvalue weighted by molar-refractivity contribution is 6.03. The SMILES string of the molecule is C[N+]1=C(/C=C/C=C/C=C2/N(CCCCCC(=O)NCCCCC(NC(=O)OC(C)(C)C)C(=O)O)c3ccccc3C2(C)C)C(C)(C)c2ccccc21. The number of alkyl carbamates (subject to hydrolysis) is 1. The summed E-state index contributed by atoms with van der Waals surface area (Å²) in [6, 6.07) is 16.2. The van der Waals surface area contributed by atoms with Crippen molar-refractivity contribution in [2.45, 2.75) is 116 Å². The molecule has 2 amide bonds. The Bertz CT molecular complexity index is 1730. The number of unbranched alkanes of at least 4 members (excludes halogenated alkanes) is 3. The van der Waals surface area contributed by atoms with Crippen LogP contribution in [0.5, 0.6) is 0 Å². The molecule has 2 aliphatic rings. The number of amides is 2. The number of hydrogen-bond acceptors (Lipinski definition) is 5. The van der Waals surface area contributed by atoms with Gasteiger partial charge in [0.2, 0.25) is 11.6 Å². The van der Waals surface area contributed by atoms with Crippen molar-refractivity contribution >= 4 is 35.1 Å². The number of nitrogens with one attached hydrogen (secondary N) is 2. The maximum atomic E-state index is 12.5. The predicted molar refractivity (Wildman–Crippen MR) is 210 cm³/mol. The number of para-hydroxylation sites is 2. The molecule has 0 aliphatic carbocycles. The van der Waals surface area contributed by atoms with E-state index in [-0.39, 0.29) is 23.2 Å². The number of carboxylic acids is 1. The number of anilines is 1. The van der Waals surface area contributed by atoms with Crippen molar-refractivity contribution in [3.63, 3.8) is 0 Å². The van der Waals surface area contributed by atoms with Gasteiger partial charge in [0.1, 0.15) is 18.7 Å². The zero-order valence-corrected chi connectivity index (χ0v) is 32.4. The summed E-state index contributed by atoms with van der Waals surface area (Å²) >= 11 is 0. The third kappa shape index (κ3) is 10.0. The van der Waals surface area contributed by atoms with Crippen molar-refractivity contribution in [3.8, 4) is 0 Å². The first-order chi connectivity index (χ1) is 24.5. The Balaban J connectivity index is 1.24. The maximum Gasteiger partial charge on any atom is 0.408 e. The van der Waals surface area contributed by atoms with Crippen LogP contribution in [0.4, 0.5) is 16.2 Å². The zero-order chi connectivity index (χ0) is 38.1. The monoisotopic (exact) mass is 711 g/mol. The van der Waals surface area contributed by atoms with E-state index in [9.17, 15) is 19.5 Å². The van der Waals surface area contributed by atoms with Crippen LogP contribution >= 0.6 is 0 Å². The summed E-state index contributed by atoms with van der Waals surface area (Å²) < 4.78 is 7.45. The number of hydrogen-bond donors (Lipinski definition) is 3. The van der Waals surface area contributed by atoms with Gasteiger partial charge in [0.25, 0.3) is 0 Å². The number of carbonyl (C=O) groups is 3. The summed E-state index contributed by atoms with van der Waals surface area (Å²) in [5.74, 6) is -1.10. The Morgan fingerprint density at radius 1 is 0.885 bits per heavy atom. The second-order valence-corrected chi connectivity index (χ2v) is 15.9. The lowest BCUT2D eigenvalue weighted by Crippen LogP contribution is -2.43. The minimum absolute atomic E-state index is 0.00215. The van der Waals surface area contributed by atoms with Crippen LogP contribution < -0.4 is 15.5 Å². The number of rotatable bonds is 16. The summed E-state index contributed by atoms with van der Waals surface area (Å²) in [6.45, 7) is 15.6. The van der Waals surface area contributed by atoms with Gasteiger partial charge in [0.05, 0.1) is 5.41 Å². The molecule has 0 saturated carbocycles. The molecule has 2 aliphatic heterocycles. The lowest BCUT2D eigenvalue weighted by Gasteiger charge is -2.27. The van der Waals surface area contributed by atoms with Crippen molar-refractivity contribution in [1.29, 1.82) is 0 Å². The van der Waals surface area contributed by atoms with E-state index in [4.69, 9.17) is 4.74 Å². The van der Waals surface area contributed by atoms with Crippen LogP contribution in [-0.4, -0.2) is 65.1 Å². The van der Waals surface area contributed by atoms with Crippen molar-refractivity contribution in [1.82, 2.24) is 10.6 Å². The van der Waals surface area contributed by atoms with Gasteiger partial charge in [-0.05, 0) is 84.4 Å². The van der Waals surface area contributed by atoms with Crippen molar-refractivity contribution in [2.75, 3.05) is 25.0 Å². The Morgan fingerprint density at radius 3 is 2.27 bits per heavy atom. The van der Waals surface area contributed by atoms with Gasteiger partial charge in [-0.2, -0.15) is 4.58 Å². The molecule has 0 fully saturated rings. The van der Waals surface area contributed by atoms with E-state index in [0.29, 0.717) is 25.8 Å². The third-order valence-corrected chi connectivity index (χ3v) is 9.99. The largest absolute Gasteiger partial charge is 0.480 e. The molecule has 9 heteroatoms. The summed E-state index contributed by atoms with van der Waals surface area (Å²) in [5, 5.41) is 14.8. The number of fused-ring (bicyclic) bond motifs is 2. The van der Waals surface area contributed by atoms with Gasteiger partial charge in [-0.25, -0.2) is 9.59 Å². The predicted octanol–water partition coefficient (Wildman–Crippen LogP) is 8.31. The normalized spacial score (nSPS) is 17.5. The topological polar surface area (TPSA) is 111 Å². The number of aliphatic carboxylic acids is 1. The van der Waals surface area contributed by atoms with Gasteiger partial charge in [0.15, 0.2) is 5.71 Å². The van der Waals surface area contributed by atoms with Crippen molar-refractivity contribution in [3.05, 3.63) is 95.7 Å². The molecule has 3 N–H and O–H groups in total. The first-order valence-electron chi connectivity index (χ1n) is 18.7. The van der Waals surface area contributed by atoms with E-state index < -0.39 is 23.7 Å². The summed E-state index contributed by atoms with van der Waals surface area (Å²) in [4.78, 5) is 38.4. The minimum atomic E-state index is -1.11. The highest BCUT2D eigenvalue weighted by Gasteiger charge is 2.42. The highest BCUT2D eigenvalue weighted by Crippen LogP contribution is 2.47. The Kier molecular flexibility index (Phi) is 13.3. The molecule has 2 aromatic rings. The molecule has 280 valence electrons. The molecule has 9 nitrogen and oxygen atoms in total. The Hall–Kier alpha value is -4.66. The van der Waals surface area contributed by atoms with Crippen LogP contribution in [0.1, 0.15) is 105 Å². The number of allylic oxidation sites excluding steroid dienone is 6. The van der Waals surface area contributed by atoms with Crippen LogP contribution in [0.25, 0.3) is 0 Å². The second-order valence-electron chi connectivity index (χ2n) is 15.9. The van der Waals surface area contributed by atoms with Gasteiger partial charge >= 0.3 is 12.1 Å². The third-order valence-electron chi connectivity index (χ3n) is 9.99. The lowest BCUT2D eigenvalue weighted by atomic mass is 9.81. The van der Waals surface area contributed by atoms with Gasteiger partial charge in [0, 0.05) is 54.0 Å². The number of nitrogens with zero attached hydrogens (tertiary/aromatic N) is 2. The van der Waals surface area contributed by atoms with E-state index in [1.807, 2.05) is 0 Å². The molecule has 0 aromatic heterocycles. The van der Waals surface area contributed by atoms with Gasteiger partial charge in [-0.3, -0.25) is 4.79 Å². The van der Waals surface area contributed by atoms with Gasteiger partial charge in [-0.15, -0.1) is 0 Å². The smallest absolute Gasteiger partial charge is 0.408 e. The van der Waals surface area contributed by atoms with Crippen molar-refractivity contribution < 1.29 is 28.8 Å². The van der Waals surface area contributed by atoms with Crippen LogP contribution in [0.2, 0.25) is 0 Å². The van der Waals surface area contributed by atoms with E-state index in [1.165, 1.54) is 33.9 Å². The Labute approximate surface area is 310 Å². The average Bonchev–Trinajstić information content (AvgIpc) is 3.40. The summed E-state index contributed by atoms with van der Waals surface area (Å²) in [6.07, 6.45) is 14.7. The van der Waals surface area contributed by atoms with E-state index in [0.717, 1.165) is 25.8 Å². The fraction of sp³-hybridized carbons (Fsp3) is 0.488. The zero-order valence-electron chi connectivity index (χ0n) is 32.4. The van der Waals surface area contributed by atoms with Crippen LogP contribution in [0, 0.1) is 0 Å². The van der Waals surface area contributed by atoms with Gasteiger partial charge in [-0.1, -0.05) is 74.9 Å². The lowest BCUT2D eigenvalue weighted by molar-refractivity contribution is -0.401. The highest BCUT2D eigenvalue weighted by atomic mass is 16.6. The maximum absolute atomic E-state index is 12.5. The van der Waals surface area contributed by atoms with Crippen LogP contribution in [-0.2, 0) is 25.2 Å². The Morgan fingerprint density at radius 2 is 1.58 bits per heavy atom. The van der Waals surface area contributed by atoms with Crippen LogP contribution in [0.3, 0.4) is 0 Å². The van der Waals surface area contributed by atoms with E-state index in [1.54, 1.807) is 20.8 Å².